The van der Waals surface area contributed by atoms with Crippen molar-refractivity contribution in [1.29, 1.82) is 0 Å². The van der Waals surface area contributed by atoms with Gasteiger partial charge in [-0.1, -0.05) is 54.7 Å². The van der Waals surface area contributed by atoms with Crippen LogP contribution in [-0.4, -0.2) is 38.1 Å². The molecule has 8 nitrogen and oxygen atoms in total. The van der Waals surface area contributed by atoms with E-state index in [0.29, 0.717) is 23.0 Å². The lowest BCUT2D eigenvalue weighted by atomic mass is 10.2. The van der Waals surface area contributed by atoms with Crippen LogP contribution in [0.15, 0.2) is 83.9 Å². The number of para-hydroxylation sites is 1. The predicted octanol–water partition coefficient (Wildman–Crippen LogP) is 6.57. The van der Waals surface area contributed by atoms with Gasteiger partial charge < -0.3 is 10.1 Å². The normalized spacial score (nSPS) is 11.3. The molecule has 0 spiro atoms. The van der Waals surface area contributed by atoms with Crippen LogP contribution < -0.4 is 9.62 Å². The molecule has 4 aromatic rings. The van der Waals surface area contributed by atoms with E-state index in [1.54, 1.807) is 36.5 Å². The number of esters is 1. The molecule has 0 atom stereocenters. The first-order valence-corrected chi connectivity index (χ1v) is 14.0. The van der Waals surface area contributed by atoms with Gasteiger partial charge in [0.2, 0.25) is 0 Å². The summed E-state index contributed by atoms with van der Waals surface area (Å²) in [5.41, 5.74) is 1.40. The quantitative estimate of drug-likeness (QED) is 0.180. The summed E-state index contributed by atoms with van der Waals surface area (Å²) in [6, 6.07) is 19.0. The Balaban J connectivity index is 1.70. The zero-order valence-corrected chi connectivity index (χ0v) is 22.8. The number of fused-ring (bicyclic) bond motifs is 1. The number of nitrogens with one attached hydrogen (secondary N) is 1. The molecule has 0 unspecified atom stereocenters. The van der Waals surface area contributed by atoms with Crippen LogP contribution in [-0.2, 0) is 19.6 Å². The first-order chi connectivity index (χ1) is 18.2. The Bertz CT molecular complexity index is 1550. The van der Waals surface area contributed by atoms with Crippen molar-refractivity contribution in [1.82, 2.24) is 4.57 Å². The lowest BCUT2D eigenvalue weighted by Crippen LogP contribution is -2.36. The monoisotopic (exact) mass is 573 g/mol. The molecule has 0 aliphatic rings. The van der Waals surface area contributed by atoms with Crippen molar-refractivity contribution in [2.75, 3.05) is 22.8 Å². The molecule has 0 aliphatic carbocycles. The van der Waals surface area contributed by atoms with Gasteiger partial charge in [-0.05, 0) is 61.0 Å². The number of aromatic nitrogens is 1. The summed E-state index contributed by atoms with van der Waals surface area (Å²) in [6.07, 6.45) is 3.07. The van der Waals surface area contributed by atoms with Crippen LogP contribution in [0.25, 0.3) is 10.9 Å². The third-order valence-electron chi connectivity index (χ3n) is 5.66. The molecule has 0 saturated heterocycles. The minimum atomic E-state index is -4.27. The van der Waals surface area contributed by atoms with Gasteiger partial charge in [0.25, 0.3) is 10.0 Å². The molecule has 11 heteroatoms. The van der Waals surface area contributed by atoms with Crippen molar-refractivity contribution >= 4 is 67.5 Å². The third kappa shape index (κ3) is 6.30. The van der Waals surface area contributed by atoms with Gasteiger partial charge in [-0.15, -0.1) is 0 Å². The van der Waals surface area contributed by atoms with Gasteiger partial charge in [0.15, 0.2) is 0 Å². The van der Waals surface area contributed by atoms with Crippen molar-refractivity contribution in [2.45, 2.75) is 24.7 Å². The molecule has 0 radical (unpaired) electrons. The number of sulfonamides is 1. The zero-order chi connectivity index (χ0) is 27.3. The molecule has 1 heterocycles. The first-order valence-electron chi connectivity index (χ1n) is 11.8. The minimum absolute atomic E-state index is 0.138. The number of amides is 1. The molecule has 3 aromatic carbocycles. The third-order valence-corrected chi connectivity index (χ3v) is 7.85. The number of anilines is 2. The molecule has 1 amide bonds. The highest BCUT2D eigenvalue weighted by Crippen LogP contribution is 2.30. The number of nitrogens with zero attached hydrogens (tertiary/aromatic N) is 2. The van der Waals surface area contributed by atoms with Crippen LogP contribution in [0.5, 0.6) is 0 Å². The number of ether oxygens (including phenoxy) is 1. The lowest BCUT2D eigenvalue weighted by molar-refractivity contribution is -0.141. The summed E-state index contributed by atoms with van der Waals surface area (Å²) in [6.45, 7) is 1.58. The van der Waals surface area contributed by atoms with Gasteiger partial charge >= 0.3 is 12.0 Å². The lowest BCUT2D eigenvalue weighted by Gasteiger charge is -2.24. The van der Waals surface area contributed by atoms with Gasteiger partial charge in [0.1, 0.15) is 6.54 Å². The number of unbranched alkanes of at least 4 members (excludes halogenated alkanes) is 1. The molecular weight excluding hydrogens is 549 g/mol. The summed E-state index contributed by atoms with van der Waals surface area (Å²) in [5.74, 6) is -0.699. The maximum atomic E-state index is 13.7. The number of carbonyl (C=O) groups excluding carboxylic acids is 2. The molecule has 4 rings (SSSR count). The SMILES string of the molecule is CCCCOC(=O)CN(c1ccc2c(ccn2C(=O)Nc2ccccc2)c1)S(=O)(=O)c1cc(Cl)cc(Cl)c1. The maximum absolute atomic E-state index is 13.7. The standard InChI is InChI=1S/C27H25Cl2N3O5S/c1-2-3-13-37-26(33)18-32(38(35,36)24-16-20(28)15-21(29)17-24)23-9-10-25-19(14-23)11-12-31(25)27(34)30-22-7-5-4-6-8-22/h4-12,14-17H,2-3,13,18H2,1H3,(H,30,34). The fourth-order valence-corrected chi connectivity index (χ4v) is 5.91. The summed E-state index contributed by atoms with van der Waals surface area (Å²) in [5, 5.41) is 3.68. The summed E-state index contributed by atoms with van der Waals surface area (Å²) < 4.78 is 35.0. The van der Waals surface area contributed by atoms with E-state index in [1.807, 2.05) is 25.1 Å². The number of hydrogen-bond acceptors (Lipinski definition) is 5. The molecule has 1 aromatic heterocycles. The smallest absolute Gasteiger partial charge is 0.330 e. The zero-order valence-electron chi connectivity index (χ0n) is 20.4. The second-order valence-electron chi connectivity index (χ2n) is 8.42. The largest absolute Gasteiger partial charge is 0.464 e. The van der Waals surface area contributed by atoms with E-state index in [4.69, 9.17) is 27.9 Å². The van der Waals surface area contributed by atoms with E-state index in [9.17, 15) is 18.0 Å². The minimum Gasteiger partial charge on any atom is -0.464 e. The van der Waals surface area contributed by atoms with E-state index in [2.05, 4.69) is 5.32 Å². The molecular formula is C27H25Cl2N3O5S. The van der Waals surface area contributed by atoms with Crippen LogP contribution in [0, 0.1) is 0 Å². The highest BCUT2D eigenvalue weighted by Gasteiger charge is 2.29. The summed E-state index contributed by atoms with van der Waals surface area (Å²) in [7, 11) is -4.27. The number of halogens is 2. The van der Waals surface area contributed by atoms with Crippen molar-refractivity contribution in [3.63, 3.8) is 0 Å². The van der Waals surface area contributed by atoms with E-state index >= 15 is 0 Å². The van der Waals surface area contributed by atoms with Crippen molar-refractivity contribution in [3.05, 3.63) is 89.0 Å². The Morgan fingerprint density at radius 1 is 0.974 bits per heavy atom. The second-order valence-corrected chi connectivity index (χ2v) is 11.2. The number of rotatable bonds is 9. The summed E-state index contributed by atoms with van der Waals surface area (Å²) >= 11 is 12.1. The number of carbonyl (C=O) groups is 2. The summed E-state index contributed by atoms with van der Waals surface area (Å²) in [4.78, 5) is 25.3. The molecule has 198 valence electrons. The highest BCUT2D eigenvalue weighted by atomic mass is 35.5. The Hall–Kier alpha value is -3.53. The Morgan fingerprint density at radius 3 is 2.37 bits per heavy atom. The molecule has 0 fully saturated rings. The fraction of sp³-hybridized carbons (Fsp3) is 0.185. The van der Waals surface area contributed by atoms with Gasteiger partial charge in [-0.25, -0.2) is 13.2 Å². The molecule has 1 N–H and O–H groups in total. The Kier molecular flexibility index (Phi) is 8.61. The number of hydrogen-bond donors (Lipinski definition) is 1. The van der Waals surface area contributed by atoms with Gasteiger partial charge in [-0.2, -0.15) is 0 Å². The number of benzene rings is 3. The van der Waals surface area contributed by atoms with Gasteiger partial charge in [0.05, 0.1) is 22.7 Å². The van der Waals surface area contributed by atoms with Crippen molar-refractivity contribution in [2.24, 2.45) is 0 Å². The van der Waals surface area contributed by atoms with Crippen molar-refractivity contribution in [3.8, 4) is 0 Å². The van der Waals surface area contributed by atoms with Crippen LogP contribution in [0.2, 0.25) is 10.0 Å². The van der Waals surface area contributed by atoms with Crippen LogP contribution in [0.1, 0.15) is 19.8 Å². The van der Waals surface area contributed by atoms with Gasteiger partial charge in [-0.3, -0.25) is 13.7 Å². The average molecular weight is 574 g/mol. The average Bonchev–Trinajstić information content (AvgIpc) is 3.31. The van der Waals surface area contributed by atoms with E-state index in [0.717, 1.165) is 10.7 Å². The Morgan fingerprint density at radius 2 is 1.68 bits per heavy atom. The molecule has 0 bridgehead atoms. The first kappa shape index (κ1) is 27.5. The van der Waals surface area contributed by atoms with Gasteiger partial charge in [0, 0.05) is 27.3 Å². The molecule has 0 aliphatic heterocycles. The molecule has 38 heavy (non-hydrogen) atoms. The van der Waals surface area contributed by atoms with E-state index in [-0.39, 0.29) is 33.3 Å². The van der Waals surface area contributed by atoms with Crippen LogP contribution in [0.3, 0.4) is 0 Å². The second kappa shape index (κ2) is 11.9. The van der Waals surface area contributed by atoms with Crippen molar-refractivity contribution < 1.29 is 22.7 Å². The van der Waals surface area contributed by atoms with E-state index in [1.165, 1.54) is 28.8 Å². The maximum Gasteiger partial charge on any atom is 0.330 e. The van der Waals surface area contributed by atoms with Crippen LogP contribution in [0.4, 0.5) is 16.2 Å². The van der Waals surface area contributed by atoms with E-state index < -0.39 is 22.5 Å². The predicted molar refractivity (Wildman–Crippen MR) is 150 cm³/mol. The molecule has 0 saturated carbocycles. The Labute approximate surface area is 230 Å². The van der Waals surface area contributed by atoms with Crippen LogP contribution >= 0.6 is 23.2 Å². The highest BCUT2D eigenvalue weighted by molar-refractivity contribution is 7.92. The fourth-order valence-electron chi connectivity index (χ4n) is 3.78. The topological polar surface area (TPSA) is 97.7 Å².